The first kappa shape index (κ1) is 34.9. The first-order valence-electron chi connectivity index (χ1n) is 16.6. The van der Waals surface area contributed by atoms with Crippen molar-refractivity contribution in [1.82, 2.24) is 15.4 Å². The van der Waals surface area contributed by atoms with E-state index < -0.39 is 47.6 Å². The van der Waals surface area contributed by atoms with Crippen molar-refractivity contribution in [3.8, 4) is 0 Å². The molecule has 0 spiro atoms. The minimum atomic E-state index is -1.60. The van der Waals surface area contributed by atoms with E-state index in [2.05, 4.69) is 10.5 Å². The number of halogens is 3. The van der Waals surface area contributed by atoms with Gasteiger partial charge < -0.3 is 14.3 Å². The van der Waals surface area contributed by atoms with Gasteiger partial charge in [0.15, 0.2) is 0 Å². The third-order valence-corrected chi connectivity index (χ3v) is 9.79. The molecular formula is C38H43BF3N3O4. The molecule has 49 heavy (non-hydrogen) atoms. The molecule has 1 fully saturated rings. The highest BCUT2D eigenvalue weighted by Gasteiger charge is 2.51. The Bertz CT molecular complexity index is 1840. The maximum absolute atomic E-state index is 15.9. The molecule has 11 heteroatoms. The number of carbonyl (C=O) groups excluding carboxylic acids is 1. The van der Waals surface area contributed by atoms with Crippen LogP contribution >= 0.6 is 0 Å². The van der Waals surface area contributed by atoms with Crippen LogP contribution in [-0.2, 0) is 32.0 Å². The number of hydroxylamine groups is 1. The number of benzene rings is 3. The summed E-state index contributed by atoms with van der Waals surface area (Å²) >= 11 is 0. The molecule has 0 unspecified atom stereocenters. The normalized spacial score (nSPS) is 20.7. The Kier molecular flexibility index (Phi) is 9.34. The summed E-state index contributed by atoms with van der Waals surface area (Å²) in [5, 5.41) is 0.987. The van der Waals surface area contributed by atoms with Gasteiger partial charge in [0.2, 0.25) is 0 Å². The van der Waals surface area contributed by atoms with Crippen LogP contribution in [0.15, 0.2) is 66.7 Å². The third-order valence-electron chi connectivity index (χ3n) is 9.79. The van der Waals surface area contributed by atoms with Gasteiger partial charge in [-0.1, -0.05) is 42.5 Å². The number of aromatic amines is 1. The van der Waals surface area contributed by atoms with Crippen LogP contribution in [0.25, 0.3) is 17.0 Å². The first-order chi connectivity index (χ1) is 23.0. The Balaban J connectivity index is 1.13. The fourth-order valence-electron chi connectivity index (χ4n) is 6.61. The van der Waals surface area contributed by atoms with E-state index in [1.54, 1.807) is 0 Å². The van der Waals surface area contributed by atoms with Crippen LogP contribution < -0.4 is 10.9 Å². The van der Waals surface area contributed by atoms with Crippen LogP contribution in [0.1, 0.15) is 82.5 Å². The van der Waals surface area contributed by atoms with E-state index in [0.717, 1.165) is 33.6 Å². The molecule has 1 saturated heterocycles. The number of para-hydroxylation sites is 1. The fourth-order valence-corrected chi connectivity index (χ4v) is 6.61. The van der Waals surface area contributed by atoms with E-state index >= 15 is 13.2 Å². The second-order valence-electron chi connectivity index (χ2n) is 14.7. The van der Waals surface area contributed by atoms with E-state index in [1.165, 1.54) is 32.1 Å². The van der Waals surface area contributed by atoms with E-state index in [4.69, 9.17) is 14.1 Å². The van der Waals surface area contributed by atoms with Crippen molar-refractivity contribution in [3.63, 3.8) is 0 Å². The van der Waals surface area contributed by atoms with Crippen molar-refractivity contribution in [1.29, 1.82) is 0 Å². The fraction of sp³-hybridized carbons (Fsp3) is 0.395. The standard InChI is InChI=1S/C38H43BF3N3O4/c1-23-18-28-27-10-8-9-11-31(27)43-34(28)35(45(23)22-36(2,3)42)33-29(40)19-25(20-30(33)41)14-17-32(46)44-47-21-24-12-15-26(16-13-24)39-48-37(4,5)38(6,7)49-39/h8-17,19-20,23,35,43H,18,21-22H2,1-7H3,(H,44,46)/b17-14+/t23-,35-/m1/s1. The highest BCUT2D eigenvalue weighted by Crippen LogP contribution is 2.43. The average Bonchev–Trinajstić information content (AvgIpc) is 3.48. The Morgan fingerprint density at radius 1 is 1.06 bits per heavy atom. The van der Waals surface area contributed by atoms with E-state index in [-0.39, 0.29) is 30.3 Å². The largest absolute Gasteiger partial charge is 0.494 e. The number of nitrogens with zero attached hydrogens (tertiary/aromatic N) is 1. The average molecular weight is 674 g/mol. The lowest BCUT2D eigenvalue weighted by atomic mass is 9.79. The van der Waals surface area contributed by atoms with Crippen LogP contribution in [0.5, 0.6) is 0 Å². The summed E-state index contributed by atoms with van der Waals surface area (Å²) in [5.74, 6) is -2.17. The van der Waals surface area contributed by atoms with Crippen LogP contribution in [0.4, 0.5) is 13.2 Å². The van der Waals surface area contributed by atoms with Crippen LogP contribution in [0, 0.1) is 11.6 Å². The van der Waals surface area contributed by atoms with Crippen molar-refractivity contribution in [2.75, 3.05) is 6.54 Å². The lowest BCUT2D eigenvalue weighted by Crippen LogP contribution is -2.48. The quantitative estimate of drug-likeness (QED) is 0.113. The van der Waals surface area contributed by atoms with Crippen molar-refractivity contribution >= 4 is 35.5 Å². The zero-order valence-corrected chi connectivity index (χ0v) is 29.0. The van der Waals surface area contributed by atoms with Gasteiger partial charge in [0.05, 0.1) is 23.9 Å². The molecule has 3 heterocycles. The molecule has 2 N–H and O–H groups in total. The van der Waals surface area contributed by atoms with E-state index in [9.17, 15) is 4.79 Å². The number of H-pyrrole nitrogens is 1. The zero-order valence-electron chi connectivity index (χ0n) is 29.0. The van der Waals surface area contributed by atoms with Crippen molar-refractivity contribution in [3.05, 3.63) is 106 Å². The molecule has 7 nitrogen and oxygen atoms in total. The maximum atomic E-state index is 15.9. The minimum Gasteiger partial charge on any atom is -0.399 e. The molecule has 6 rings (SSSR count). The first-order valence-corrected chi connectivity index (χ1v) is 16.6. The van der Waals surface area contributed by atoms with Gasteiger partial charge in [-0.15, -0.1) is 0 Å². The molecule has 4 aromatic rings. The number of amides is 1. The van der Waals surface area contributed by atoms with Gasteiger partial charge in [-0.3, -0.25) is 14.5 Å². The molecule has 2 atom stereocenters. The Morgan fingerprint density at radius 2 is 1.69 bits per heavy atom. The van der Waals surface area contributed by atoms with Gasteiger partial charge in [-0.05, 0) is 101 Å². The summed E-state index contributed by atoms with van der Waals surface area (Å²) in [4.78, 5) is 23.0. The number of nitrogens with one attached hydrogen (secondary N) is 2. The number of hydrogen-bond donors (Lipinski definition) is 2. The van der Waals surface area contributed by atoms with E-state index in [1.807, 2.05) is 88.0 Å². The molecule has 2 aliphatic rings. The second kappa shape index (κ2) is 13.1. The lowest BCUT2D eigenvalue weighted by Gasteiger charge is -2.43. The summed E-state index contributed by atoms with van der Waals surface area (Å²) in [6, 6.07) is 16.5. The van der Waals surface area contributed by atoms with Gasteiger partial charge in [0.25, 0.3) is 5.91 Å². The maximum Gasteiger partial charge on any atom is 0.494 e. The molecule has 1 aromatic heterocycles. The number of rotatable bonds is 9. The highest BCUT2D eigenvalue weighted by molar-refractivity contribution is 6.62. The Hall–Kier alpha value is -3.90. The van der Waals surface area contributed by atoms with Crippen molar-refractivity contribution < 1.29 is 32.1 Å². The molecule has 0 radical (unpaired) electrons. The highest BCUT2D eigenvalue weighted by atomic mass is 19.1. The molecule has 3 aromatic carbocycles. The summed E-state index contributed by atoms with van der Waals surface area (Å²) in [6.45, 7) is 12.9. The van der Waals surface area contributed by atoms with Gasteiger partial charge in [-0.2, -0.15) is 0 Å². The van der Waals surface area contributed by atoms with E-state index in [0.29, 0.717) is 12.1 Å². The number of hydrogen-bond acceptors (Lipinski definition) is 5. The molecular weight excluding hydrogens is 630 g/mol. The minimum absolute atomic E-state index is 0.0154. The number of fused-ring (bicyclic) bond motifs is 3. The topological polar surface area (TPSA) is 75.8 Å². The molecule has 2 aliphatic heterocycles. The van der Waals surface area contributed by atoms with Crippen LogP contribution in [0.3, 0.4) is 0 Å². The number of alkyl halides is 1. The van der Waals surface area contributed by atoms with Gasteiger partial charge >= 0.3 is 7.12 Å². The monoisotopic (exact) mass is 673 g/mol. The molecule has 1 amide bonds. The summed E-state index contributed by atoms with van der Waals surface area (Å²) in [7, 11) is -0.480. The Morgan fingerprint density at radius 3 is 2.33 bits per heavy atom. The predicted molar refractivity (Wildman–Crippen MR) is 186 cm³/mol. The van der Waals surface area contributed by atoms with Crippen molar-refractivity contribution in [2.24, 2.45) is 0 Å². The lowest BCUT2D eigenvalue weighted by molar-refractivity contribution is -0.129. The molecule has 0 aliphatic carbocycles. The number of aromatic nitrogens is 1. The third kappa shape index (κ3) is 7.21. The smallest absolute Gasteiger partial charge is 0.399 e. The summed E-state index contributed by atoms with van der Waals surface area (Å²) in [5.41, 5.74) is 4.01. The van der Waals surface area contributed by atoms with Crippen LogP contribution in [-0.4, -0.2) is 52.4 Å². The second-order valence-corrected chi connectivity index (χ2v) is 14.7. The van der Waals surface area contributed by atoms with Gasteiger partial charge in [0.1, 0.15) is 17.3 Å². The zero-order chi connectivity index (χ0) is 35.3. The van der Waals surface area contributed by atoms with Crippen LogP contribution in [0.2, 0.25) is 0 Å². The summed E-state index contributed by atoms with van der Waals surface area (Å²) in [6.07, 6.45) is 3.07. The molecule has 0 bridgehead atoms. The predicted octanol–water partition coefficient (Wildman–Crippen LogP) is 7.09. The SMILES string of the molecule is C[C@@H]1Cc2c([nH]c3ccccc23)[C@@H](c2c(F)cc(/C=C/C(=O)NOCc3ccc(B4OC(C)(C)C(C)(C)O4)cc3)cc2F)N1CC(C)(C)F. The molecule has 258 valence electrons. The number of carbonyl (C=O) groups is 1. The van der Waals surface area contributed by atoms with Gasteiger partial charge in [0, 0.05) is 40.8 Å². The molecule has 0 saturated carbocycles. The van der Waals surface area contributed by atoms with Crippen molar-refractivity contribution in [2.45, 2.75) is 90.4 Å². The Labute approximate surface area is 285 Å². The van der Waals surface area contributed by atoms with Gasteiger partial charge in [-0.25, -0.2) is 18.7 Å². The summed E-state index contributed by atoms with van der Waals surface area (Å²) < 4.78 is 59.1.